The maximum Gasteiger partial charge on any atom is 0.238 e. The van der Waals surface area contributed by atoms with Crippen LogP contribution in [0.4, 0.5) is 5.69 Å². The first-order valence-corrected chi connectivity index (χ1v) is 9.39. The summed E-state index contributed by atoms with van der Waals surface area (Å²) in [6.45, 7) is 6.33. The maximum atomic E-state index is 12.6. The van der Waals surface area contributed by atoms with E-state index in [-0.39, 0.29) is 5.91 Å². The van der Waals surface area contributed by atoms with Crippen LogP contribution >= 0.6 is 11.6 Å². The molecule has 25 heavy (non-hydrogen) atoms. The topological polar surface area (TPSA) is 32.3 Å². The minimum Gasteiger partial charge on any atom is -0.324 e. The second-order valence-corrected chi connectivity index (χ2v) is 6.95. The van der Waals surface area contributed by atoms with E-state index >= 15 is 0 Å². The molecule has 0 saturated carbocycles. The van der Waals surface area contributed by atoms with Crippen molar-refractivity contribution in [2.24, 2.45) is 0 Å². The number of carbonyl (C=O) groups is 1. The Kier molecular flexibility index (Phi) is 5.77. The summed E-state index contributed by atoms with van der Waals surface area (Å²) in [6, 6.07) is 12.4. The highest BCUT2D eigenvalue weighted by Crippen LogP contribution is 2.29. The van der Waals surface area contributed by atoms with Gasteiger partial charge < -0.3 is 5.32 Å². The van der Waals surface area contributed by atoms with Crippen molar-refractivity contribution < 1.29 is 4.79 Å². The predicted molar refractivity (Wildman–Crippen MR) is 104 cm³/mol. The van der Waals surface area contributed by atoms with Crippen molar-refractivity contribution in [3.63, 3.8) is 0 Å². The third kappa shape index (κ3) is 4.05. The quantitative estimate of drug-likeness (QED) is 0.857. The standard InChI is InChI=1S/C21H25ClN2O/c1-3-15-9-10-19(22)18(4-2)21(15)23-20(25)14-24-12-11-16-7-5-6-8-17(16)13-24/h5-10H,3-4,11-14H2,1-2H3,(H,23,25). The Hall–Kier alpha value is -1.84. The average molecular weight is 357 g/mol. The van der Waals surface area contributed by atoms with Gasteiger partial charge in [0.25, 0.3) is 0 Å². The third-order valence-electron chi connectivity index (χ3n) is 4.92. The fourth-order valence-corrected chi connectivity index (χ4v) is 3.83. The summed E-state index contributed by atoms with van der Waals surface area (Å²) in [5, 5.41) is 3.85. The molecule has 1 N–H and O–H groups in total. The SMILES string of the molecule is CCc1ccc(Cl)c(CC)c1NC(=O)CN1CCc2ccccc2C1. The lowest BCUT2D eigenvalue weighted by Gasteiger charge is -2.28. The van der Waals surface area contributed by atoms with Crippen LogP contribution in [0.3, 0.4) is 0 Å². The van der Waals surface area contributed by atoms with Crippen LogP contribution in [0.2, 0.25) is 5.02 Å². The highest BCUT2D eigenvalue weighted by atomic mass is 35.5. The van der Waals surface area contributed by atoms with Crippen molar-refractivity contribution in [3.8, 4) is 0 Å². The van der Waals surface area contributed by atoms with Crippen LogP contribution in [0, 0.1) is 0 Å². The average Bonchev–Trinajstić information content (AvgIpc) is 2.62. The highest BCUT2D eigenvalue weighted by molar-refractivity contribution is 6.32. The zero-order valence-corrected chi connectivity index (χ0v) is 15.7. The van der Waals surface area contributed by atoms with Crippen molar-refractivity contribution >= 4 is 23.2 Å². The van der Waals surface area contributed by atoms with Gasteiger partial charge in [0, 0.05) is 23.8 Å². The summed E-state index contributed by atoms with van der Waals surface area (Å²) >= 11 is 6.33. The number of benzene rings is 2. The van der Waals surface area contributed by atoms with Crippen LogP contribution in [0.1, 0.15) is 36.1 Å². The summed E-state index contributed by atoms with van der Waals surface area (Å²) in [7, 11) is 0. The lowest BCUT2D eigenvalue weighted by atomic mass is 10.00. The first-order chi connectivity index (χ1) is 12.1. The Balaban J connectivity index is 1.71. The molecule has 2 aromatic carbocycles. The second kappa shape index (κ2) is 8.03. The smallest absolute Gasteiger partial charge is 0.238 e. The molecule has 0 fully saturated rings. The second-order valence-electron chi connectivity index (χ2n) is 6.54. The van der Waals surface area contributed by atoms with E-state index in [1.807, 2.05) is 12.1 Å². The molecule has 1 aliphatic heterocycles. The number of hydrogen-bond donors (Lipinski definition) is 1. The summed E-state index contributed by atoms with van der Waals surface area (Å²) in [5.41, 5.74) is 5.79. The van der Waals surface area contributed by atoms with Crippen molar-refractivity contribution in [2.45, 2.75) is 39.7 Å². The van der Waals surface area contributed by atoms with E-state index in [9.17, 15) is 4.79 Å². The van der Waals surface area contributed by atoms with Crippen LogP contribution in [0.5, 0.6) is 0 Å². The van der Waals surface area contributed by atoms with Crippen LogP contribution in [-0.4, -0.2) is 23.9 Å². The molecule has 0 bridgehead atoms. The summed E-state index contributed by atoms with van der Waals surface area (Å²) in [6.07, 6.45) is 2.68. The Bertz CT molecular complexity index is 772. The van der Waals surface area contributed by atoms with Gasteiger partial charge in [-0.2, -0.15) is 0 Å². The highest BCUT2D eigenvalue weighted by Gasteiger charge is 2.19. The molecule has 1 heterocycles. The molecule has 0 radical (unpaired) electrons. The van der Waals surface area contributed by atoms with Gasteiger partial charge in [-0.15, -0.1) is 0 Å². The van der Waals surface area contributed by atoms with E-state index in [1.165, 1.54) is 11.1 Å². The molecule has 0 aliphatic carbocycles. The molecule has 1 amide bonds. The van der Waals surface area contributed by atoms with E-state index < -0.39 is 0 Å². The summed E-state index contributed by atoms with van der Waals surface area (Å²) < 4.78 is 0. The van der Waals surface area contributed by atoms with Crippen LogP contribution in [-0.2, 0) is 30.6 Å². The first-order valence-electron chi connectivity index (χ1n) is 9.01. The van der Waals surface area contributed by atoms with Gasteiger partial charge in [0.15, 0.2) is 0 Å². The van der Waals surface area contributed by atoms with Crippen molar-refractivity contribution in [1.82, 2.24) is 4.90 Å². The van der Waals surface area contributed by atoms with Gasteiger partial charge in [-0.05, 0) is 47.6 Å². The number of nitrogens with one attached hydrogen (secondary N) is 1. The predicted octanol–water partition coefficient (Wildman–Crippen LogP) is 4.46. The van der Waals surface area contributed by atoms with Crippen LogP contribution < -0.4 is 5.32 Å². The molecule has 1 aliphatic rings. The zero-order valence-electron chi connectivity index (χ0n) is 14.9. The van der Waals surface area contributed by atoms with Gasteiger partial charge >= 0.3 is 0 Å². The summed E-state index contributed by atoms with van der Waals surface area (Å²) in [5.74, 6) is 0.0334. The Morgan fingerprint density at radius 3 is 2.60 bits per heavy atom. The summed E-state index contributed by atoms with van der Waals surface area (Å²) in [4.78, 5) is 14.9. The number of aryl methyl sites for hydroxylation is 1. The number of carbonyl (C=O) groups excluding carboxylic acids is 1. The third-order valence-corrected chi connectivity index (χ3v) is 5.27. The molecule has 0 spiro atoms. The number of halogens is 1. The molecule has 3 rings (SSSR count). The maximum absolute atomic E-state index is 12.6. The molecule has 132 valence electrons. The number of nitrogens with zero attached hydrogens (tertiary/aromatic N) is 1. The molecule has 0 unspecified atom stereocenters. The fraction of sp³-hybridized carbons (Fsp3) is 0.381. The normalized spacial score (nSPS) is 14.2. The van der Waals surface area contributed by atoms with Crippen molar-refractivity contribution in [1.29, 1.82) is 0 Å². The number of anilines is 1. The molecule has 0 saturated heterocycles. The molecule has 2 aromatic rings. The van der Waals surface area contributed by atoms with Gasteiger partial charge in [0.1, 0.15) is 0 Å². The van der Waals surface area contributed by atoms with E-state index in [1.54, 1.807) is 0 Å². The van der Waals surface area contributed by atoms with E-state index in [0.29, 0.717) is 6.54 Å². The van der Waals surface area contributed by atoms with Crippen LogP contribution in [0.25, 0.3) is 0 Å². The van der Waals surface area contributed by atoms with Gasteiger partial charge in [0.05, 0.1) is 6.54 Å². The van der Waals surface area contributed by atoms with Gasteiger partial charge in [-0.1, -0.05) is 55.8 Å². The number of amides is 1. The number of fused-ring (bicyclic) bond motifs is 1. The van der Waals surface area contributed by atoms with Gasteiger partial charge in [-0.25, -0.2) is 0 Å². The number of hydrogen-bond acceptors (Lipinski definition) is 2. The van der Waals surface area contributed by atoms with Crippen molar-refractivity contribution in [2.75, 3.05) is 18.4 Å². The lowest BCUT2D eigenvalue weighted by Crippen LogP contribution is -2.37. The fourth-order valence-electron chi connectivity index (χ4n) is 3.54. The molecular formula is C21H25ClN2O. The molecule has 0 aromatic heterocycles. The Morgan fingerprint density at radius 1 is 1.12 bits per heavy atom. The molecule has 4 heteroatoms. The Labute approximate surface area is 155 Å². The largest absolute Gasteiger partial charge is 0.324 e. The minimum absolute atomic E-state index is 0.0334. The van der Waals surface area contributed by atoms with E-state index in [2.05, 4.69) is 48.3 Å². The van der Waals surface area contributed by atoms with Gasteiger partial charge in [0.2, 0.25) is 5.91 Å². The van der Waals surface area contributed by atoms with E-state index in [4.69, 9.17) is 11.6 Å². The Morgan fingerprint density at radius 2 is 1.88 bits per heavy atom. The molecular weight excluding hydrogens is 332 g/mol. The molecule has 0 atom stereocenters. The van der Waals surface area contributed by atoms with Crippen LogP contribution in [0.15, 0.2) is 36.4 Å². The monoisotopic (exact) mass is 356 g/mol. The van der Waals surface area contributed by atoms with E-state index in [0.717, 1.165) is 54.2 Å². The zero-order chi connectivity index (χ0) is 17.8. The minimum atomic E-state index is 0.0334. The number of rotatable bonds is 5. The molecule has 3 nitrogen and oxygen atoms in total. The van der Waals surface area contributed by atoms with Gasteiger partial charge in [-0.3, -0.25) is 9.69 Å². The van der Waals surface area contributed by atoms with Crippen molar-refractivity contribution in [3.05, 3.63) is 63.7 Å². The lowest BCUT2D eigenvalue weighted by molar-refractivity contribution is -0.117. The first kappa shape index (κ1) is 18.0.